The van der Waals surface area contributed by atoms with Crippen molar-refractivity contribution in [2.45, 2.75) is 31.1 Å². The highest BCUT2D eigenvalue weighted by Crippen LogP contribution is 2.41. The third kappa shape index (κ3) is 3.65. The van der Waals surface area contributed by atoms with Crippen LogP contribution in [0.15, 0.2) is 60.7 Å². The first-order valence-corrected chi connectivity index (χ1v) is 8.79. The first-order chi connectivity index (χ1) is 11.3. The van der Waals surface area contributed by atoms with Crippen molar-refractivity contribution in [3.8, 4) is 0 Å². The lowest BCUT2D eigenvalue weighted by Gasteiger charge is -2.43. The van der Waals surface area contributed by atoms with Crippen molar-refractivity contribution in [3.05, 3.63) is 71.8 Å². The molecule has 0 spiro atoms. The highest BCUT2D eigenvalue weighted by Gasteiger charge is 2.37. The van der Waals surface area contributed by atoms with Crippen molar-refractivity contribution in [2.24, 2.45) is 0 Å². The Morgan fingerprint density at radius 3 is 1.78 bits per heavy atom. The number of hydrogen-bond donors (Lipinski definition) is 1. The van der Waals surface area contributed by atoms with E-state index in [4.69, 9.17) is 5.11 Å². The van der Waals surface area contributed by atoms with Crippen LogP contribution in [0, 0.1) is 0 Å². The molecule has 0 atom stereocenters. The van der Waals surface area contributed by atoms with Crippen LogP contribution in [0.5, 0.6) is 0 Å². The molecule has 1 aliphatic heterocycles. The second-order valence-corrected chi connectivity index (χ2v) is 6.59. The van der Waals surface area contributed by atoms with Gasteiger partial charge in [0.1, 0.15) is 0 Å². The molecule has 1 aliphatic rings. The molecular formula is C21H27NO. The molecule has 122 valence electrons. The summed E-state index contributed by atoms with van der Waals surface area (Å²) in [5.74, 6) is 0. The second kappa shape index (κ2) is 7.76. The van der Waals surface area contributed by atoms with Gasteiger partial charge < -0.3 is 10.0 Å². The summed E-state index contributed by atoms with van der Waals surface area (Å²) in [5.41, 5.74) is 3.04. The van der Waals surface area contributed by atoms with Crippen LogP contribution in [-0.2, 0) is 5.41 Å². The lowest BCUT2D eigenvalue weighted by atomic mass is 9.68. The molecule has 1 saturated heterocycles. The number of likely N-dealkylation sites (tertiary alicyclic amines) is 1. The van der Waals surface area contributed by atoms with Crippen LogP contribution in [0.3, 0.4) is 0 Å². The summed E-state index contributed by atoms with van der Waals surface area (Å²) in [6.45, 7) is 3.69. The highest BCUT2D eigenvalue weighted by atomic mass is 16.2. The SMILES string of the molecule is OCCCCN1CCC(c2ccccc2)(c2ccccc2)CC1. The van der Waals surface area contributed by atoms with E-state index in [1.54, 1.807) is 0 Å². The summed E-state index contributed by atoms with van der Waals surface area (Å²) in [6.07, 6.45) is 4.35. The monoisotopic (exact) mass is 309 g/mol. The van der Waals surface area contributed by atoms with Crippen LogP contribution < -0.4 is 0 Å². The van der Waals surface area contributed by atoms with Gasteiger partial charge in [-0.05, 0) is 56.4 Å². The van der Waals surface area contributed by atoms with Crippen LogP contribution in [0.4, 0.5) is 0 Å². The third-order valence-corrected chi connectivity index (χ3v) is 5.24. The van der Waals surface area contributed by atoms with Crippen LogP contribution in [-0.4, -0.2) is 36.2 Å². The van der Waals surface area contributed by atoms with Gasteiger partial charge in [-0.1, -0.05) is 60.7 Å². The van der Waals surface area contributed by atoms with Crippen LogP contribution in [0.1, 0.15) is 36.8 Å². The van der Waals surface area contributed by atoms with E-state index in [0.29, 0.717) is 6.61 Å². The van der Waals surface area contributed by atoms with Gasteiger partial charge in [-0.15, -0.1) is 0 Å². The van der Waals surface area contributed by atoms with E-state index in [2.05, 4.69) is 65.6 Å². The fraction of sp³-hybridized carbons (Fsp3) is 0.429. The molecule has 3 rings (SSSR count). The number of nitrogens with zero attached hydrogens (tertiary/aromatic N) is 1. The number of aliphatic hydroxyl groups is 1. The minimum Gasteiger partial charge on any atom is -0.396 e. The number of aliphatic hydroxyl groups excluding tert-OH is 1. The fourth-order valence-corrected chi connectivity index (χ4v) is 3.86. The molecule has 1 fully saturated rings. The lowest BCUT2D eigenvalue weighted by molar-refractivity contribution is 0.171. The number of benzene rings is 2. The van der Waals surface area contributed by atoms with E-state index in [1.807, 2.05) is 0 Å². The minimum absolute atomic E-state index is 0.149. The molecule has 2 nitrogen and oxygen atoms in total. The highest BCUT2D eigenvalue weighted by molar-refractivity contribution is 5.40. The van der Waals surface area contributed by atoms with Gasteiger partial charge in [-0.25, -0.2) is 0 Å². The summed E-state index contributed by atoms with van der Waals surface area (Å²) in [4.78, 5) is 2.56. The average Bonchev–Trinajstić information content (AvgIpc) is 2.64. The first kappa shape index (κ1) is 16.2. The molecule has 2 heteroatoms. The van der Waals surface area contributed by atoms with Crippen molar-refractivity contribution in [3.63, 3.8) is 0 Å². The molecule has 0 bridgehead atoms. The van der Waals surface area contributed by atoms with Crippen LogP contribution in [0.2, 0.25) is 0 Å². The smallest absolute Gasteiger partial charge is 0.0431 e. The maximum atomic E-state index is 8.96. The number of piperidine rings is 1. The standard InChI is InChI=1S/C21H27NO/c23-18-8-7-15-22-16-13-21(14-17-22,19-9-3-1-4-10-19)20-11-5-2-6-12-20/h1-6,9-12,23H,7-8,13-18H2. The fourth-order valence-electron chi connectivity index (χ4n) is 3.86. The first-order valence-electron chi connectivity index (χ1n) is 8.79. The molecular weight excluding hydrogens is 282 g/mol. The molecule has 0 unspecified atom stereocenters. The van der Waals surface area contributed by atoms with E-state index < -0.39 is 0 Å². The third-order valence-electron chi connectivity index (χ3n) is 5.24. The predicted octanol–water partition coefficient (Wildman–Crippen LogP) is 3.84. The molecule has 23 heavy (non-hydrogen) atoms. The van der Waals surface area contributed by atoms with E-state index in [-0.39, 0.29) is 5.41 Å². The van der Waals surface area contributed by atoms with E-state index in [0.717, 1.165) is 32.5 Å². The molecule has 0 saturated carbocycles. The van der Waals surface area contributed by atoms with Gasteiger partial charge in [0.2, 0.25) is 0 Å². The molecule has 2 aromatic rings. The summed E-state index contributed by atoms with van der Waals surface area (Å²) in [7, 11) is 0. The van der Waals surface area contributed by atoms with E-state index in [1.165, 1.54) is 24.0 Å². The summed E-state index contributed by atoms with van der Waals surface area (Å²) in [6, 6.07) is 22.0. The Labute approximate surface area is 139 Å². The zero-order valence-corrected chi connectivity index (χ0v) is 13.8. The number of rotatable bonds is 6. The van der Waals surface area contributed by atoms with E-state index in [9.17, 15) is 0 Å². The summed E-state index contributed by atoms with van der Waals surface area (Å²) in [5, 5.41) is 8.96. The van der Waals surface area contributed by atoms with Gasteiger partial charge >= 0.3 is 0 Å². The van der Waals surface area contributed by atoms with Crippen LogP contribution >= 0.6 is 0 Å². The zero-order chi connectivity index (χ0) is 16.0. The summed E-state index contributed by atoms with van der Waals surface area (Å²) >= 11 is 0. The van der Waals surface area contributed by atoms with Gasteiger partial charge in [-0.2, -0.15) is 0 Å². The van der Waals surface area contributed by atoms with Crippen molar-refractivity contribution in [2.75, 3.05) is 26.2 Å². The quantitative estimate of drug-likeness (QED) is 0.820. The zero-order valence-electron chi connectivity index (χ0n) is 13.8. The largest absolute Gasteiger partial charge is 0.396 e. The topological polar surface area (TPSA) is 23.5 Å². The normalized spacial score (nSPS) is 18.0. The average molecular weight is 309 g/mol. The van der Waals surface area contributed by atoms with Crippen LogP contribution in [0.25, 0.3) is 0 Å². The molecule has 1 heterocycles. The summed E-state index contributed by atoms with van der Waals surface area (Å²) < 4.78 is 0. The van der Waals surface area contributed by atoms with Crippen molar-refractivity contribution < 1.29 is 5.11 Å². The van der Waals surface area contributed by atoms with Gasteiger partial charge in [-0.3, -0.25) is 0 Å². The van der Waals surface area contributed by atoms with E-state index >= 15 is 0 Å². The molecule has 2 aromatic carbocycles. The Morgan fingerprint density at radius 2 is 1.30 bits per heavy atom. The maximum Gasteiger partial charge on any atom is 0.0431 e. The molecule has 0 aliphatic carbocycles. The lowest BCUT2D eigenvalue weighted by Crippen LogP contribution is -2.43. The Balaban J connectivity index is 1.80. The Hall–Kier alpha value is -1.64. The van der Waals surface area contributed by atoms with Crippen molar-refractivity contribution in [1.82, 2.24) is 4.90 Å². The Bertz CT molecular complexity index is 532. The minimum atomic E-state index is 0.149. The van der Waals surface area contributed by atoms with Crippen molar-refractivity contribution in [1.29, 1.82) is 0 Å². The van der Waals surface area contributed by atoms with Crippen molar-refractivity contribution >= 4 is 0 Å². The molecule has 1 N–H and O–H groups in total. The van der Waals surface area contributed by atoms with Gasteiger partial charge in [0.25, 0.3) is 0 Å². The van der Waals surface area contributed by atoms with Gasteiger partial charge in [0.15, 0.2) is 0 Å². The molecule has 0 radical (unpaired) electrons. The second-order valence-electron chi connectivity index (χ2n) is 6.59. The number of unbranched alkanes of at least 4 members (excludes halogenated alkanes) is 1. The maximum absolute atomic E-state index is 8.96. The molecule has 0 amide bonds. The van der Waals surface area contributed by atoms with Gasteiger partial charge in [0.05, 0.1) is 0 Å². The predicted molar refractivity (Wildman–Crippen MR) is 95.7 cm³/mol. The molecule has 0 aromatic heterocycles. The number of hydrogen-bond acceptors (Lipinski definition) is 2. The Kier molecular flexibility index (Phi) is 5.47. The van der Waals surface area contributed by atoms with Gasteiger partial charge in [0, 0.05) is 12.0 Å². The Morgan fingerprint density at radius 1 is 0.783 bits per heavy atom.